The summed E-state index contributed by atoms with van der Waals surface area (Å²) in [7, 11) is -0.505. The van der Waals surface area contributed by atoms with E-state index in [1.54, 1.807) is 12.1 Å². The van der Waals surface area contributed by atoms with Gasteiger partial charge in [0.15, 0.2) is 6.29 Å². The molecule has 0 aliphatic carbocycles. The zero-order chi connectivity index (χ0) is 21.4. The zero-order valence-electron chi connectivity index (χ0n) is 17.6. The van der Waals surface area contributed by atoms with Gasteiger partial charge in [0.25, 0.3) is 10.1 Å². The van der Waals surface area contributed by atoms with Gasteiger partial charge in [-0.1, -0.05) is 12.1 Å². The molecule has 0 aliphatic heterocycles. The van der Waals surface area contributed by atoms with Crippen LogP contribution in [0.15, 0.2) is 24.3 Å². The van der Waals surface area contributed by atoms with Crippen LogP contribution in [0, 0.1) is 5.92 Å². The van der Waals surface area contributed by atoms with E-state index in [2.05, 4.69) is 0 Å². The predicted molar refractivity (Wildman–Crippen MR) is 107 cm³/mol. The summed E-state index contributed by atoms with van der Waals surface area (Å²) in [5, 5.41) is 0. The third kappa shape index (κ3) is 9.64. The molecule has 0 spiro atoms. The van der Waals surface area contributed by atoms with Crippen LogP contribution in [-0.4, -0.2) is 53.4 Å². The average molecular weight is 417 g/mol. The lowest BCUT2D eigenvalue weighted by Gasteiger charge is -2.24. The Morgan fingerprint density at radius 3 is 2.11 bits per heavy atom. The molecule has 0 saturated heterocycles. The number of ether oxygens (including phenoxy) is 3. The summed E-state index contributed by atoms with van der Waals surface area (Å²) in [4.78, 5) is 12.1. The highest BCUT2D eigenvalue weighted by molar-refractivity contribution is 7.85. The van der Waals surface area contributed by atoms with Crippen LogP contribution in [0.25, 0.3) is 0 Å². The molecule has 1 aromatic carbocycles. The van der Waals surface area contributed by atoms with E-state index in [1.165, 1.54) is 14.2 Å². The summed E-state index contributed by atoms with van der Waals surface area (Å²) < 4.78 is 43.3. The Morgan fingerprint density at radius 1 is 1.07 bits per heavy atom. The van der Waals surface area contributed by atoms with Crippen molar-refractivity contribution in [1.29, 1.82) is 0 Å². The molecule has 0 N–H and O–H groups in total. The number of rotatable bonds is 11. The van der Waals surface area contributed by atoms with Crippen LogP contribution >= 0.6 is 0 Å². The minimum atomic E-state index is -3.53. The summed E-state index contributed by atoms with van der Waals surface area (Å²) >= 11 is 0. The van der Waals surface area contributed by atoms with Crippen LogP contribution in [0.3, 0.4) is 0 Å². The topological polar surface area (TPSA) is 88.1 Å². The third-order valence-electron chi connectivity index (χ3n) is 3.97. The summed E-state index contributed by atoms with van der Waals surface area (Å²) in [6.45, 7) is 5.49. The second kappa shape index (κ2) is 10.9. The van der Waals surface area contributed by atoms with Crippen LogP contribution in [-0.2, 0) is 34.9 Å². The van der Waals surface area contributed by atoms with E-state index in [4.69, 9.17) is 18.4 Å². The molecule has 0 saturated carbocycles. The minimum Gasteiger partial charge on any atom is -0.456 e. The highest BCUT2D eigenvalue weighted by atomic mass is 32.2. The minimum absolute atomic E-state index is 0.00274. The number of aryl methyl sites for hydroxylation is 1. The molecule has 0 heterocycles. The second-order valence-electron chi connectivity index (χ2n) is 7.68. The quantitative estimate of drug-likeness (QED) is 0.311. The molecule has 8 heteroatoms. The van der Waals surface area contributed by atoms with Crippen LogP contribution in [0.4, 0.5) is 0 Å². The molecular weight excluding hydrogens is 384 g/mol. The van der Waals surface area contributed by atoms with Gasteiger partial charge in [-0.15, -0.1) is 0 Å². The van der Waals surface area contributed by atoms with Crippen molar-refractivity contribution in [2.45, 2.75) is 51.9 Å². The first kappa shape index (κ1) is 24.6. The van der Waals surface area contributed by atoms with Gasteiger partial charge in [-0.25, -0.2) is 4.79 Å². The lowest BCUT2D eigenvalue weighted by atomic mass is 9.99. The Hall–Kier alpha value is -1.48. The number of methoxy groups -OCH3 is 2. The highest BCUT2D eigenvalue weighted by Gasteiger charge is 2.23. The Morgan fingerprint density at radius 2 is 1.64 bits per heavy atom. The fraction of sp³-hybridized carbons (Fsp3) is 0.650. The van der Waals surface area contributed by atoms with Crippen molar-refractivity contribution >= 4 is 16.1 Å². The van der Waals surface area contributed by atoms with Gasteiger partial charge in [0, 0.05) is 20.1 Å². The Kier molecular flexibility index (Phi) is 9.56. The normalized spacial score (nSPS) is 13.5. The maximum absolute atomic E-state index is 12.1. The molecule has 1 unspecified atom stereocenters. The number of benzene rings is 1. The van der Waals surface area contributed by atoms with Gasteiger partial charge in [0.05, 0.1) is 18.4 Å². The Balaban J connectivity index is 2.62. The summed E-state index contributed by atoms with van der Waals surface area (Å²) in [5.74, 6) is -0.564. The molecule has 0 radical (unpaired) electrons. The molecule has 160 valence electrons. The monoisotopic (exact) mass is 416 g/mol. The standard InChI is InChI=1S/C20H32O7S/c1-20(2,3)27-18(21)16-12-10-15(11-13-16)8-7-9-17(19(24-4)25-5)14-26-28(6,22)23/h10-13,17,19H,7-9,14H2,1-6H3. The summed E-state index contributed by atoms with van der Waals surface area (Å²) in [6, 6.07) is 7.29. The van der Waals surface area contributed by atoms with Gasteiger partial charge in [0.2, 0.25) is 0 Å². The van der Waals surface area contributed by atoms with E-state index in [-0.39, 0.29) is 18.5 Å². The van der Waals surface area contributed by atoms with Crippen molar-refractivity contribution in [2.24, 2.45) is 5.92 Å². The van der Waals surface area contributed by atoms with Gasteiger partial charge in [-0.2, -0.15) is 8.42 Å². The molecule has 1 atom stereocenters. The first-order valence-corrected chi connectivity index (χ1v) is 11.0. The van der Waals surface area contributed by atoms with Gasteiger partial charge in [-0.3, -0.25) is 4.18 Å². The fourth-order valence-electron chi connectivity index (χ4n) is 2.70. The molecule has 0 fully saturated rings. The van der Waals surface area contributed by atoms with E-state index in [1.807, 2.05) is 32.9 Å². The van der Waals surface area contributed by atoms with Gasteiger partial charge >= 0.3 is 5.97 Å². The number of hydrogen-bond donors (Lipinski definition) is 0. The largest absolute Gasteiger partial charge is 0.456 e. The zero-order valence-corrected chi connectivity index (χ0v) is 18.4. The first-order valence-electron chi connectivity index (χ1n) is 9.17. The van der Waals surface area contributed by atoms with E-state index in [0.29, 0.717) is 12.0 Å². The molecule has 7 nitrogen and oxygen atoms in total. The number of hydrogen-bond acceptors (Lipinski definition) is 7. The maximum Gasteiger partial charge on any atom is 0.338 e. The average Bonchev–Trinajstić information content (AvgIpc) is 2.58. The van der Waals surface area contributed by atoms with Crippen molar-refractivity contribution < 1.29 is 31.6 Å². The number of carbonyl (C=O) groups excluding carboxylic acids is 1. The Bertz CT molecular complexity index is 701. The van der Waals surface area contributed by atoms with E-state index in [9.17, 15) is 13.2 Å². The van der Waals surface area contributed by atoms with Crippen LogP contribution in [0.1, 0.15) is 49.5 Å². The fourth-order valence-corrected chi connectivity index (χ4v) is 3.12. The van der Waals surface area contributed by atoms with Crippen molar-refractivity contribution in [3.05, 3.63) is 35.4 Å². The van der Waals surface area contributed by atoms with Crippen molar-refractivity contribution in [3.8, 4) is 0 Å². The predicted octanol–water partition coefficient (Wildman–Crippen LogP) is 3.18. The molecule has 28 heavy (non-hydrogen) atoms. The van der Waals surface area contributed by atoms with Crippen LogP contribution in [0.5, 0.6) is 0 Å². The van der Waals surface area contributed by atoms with Crippen LogP contribution in [0.2, 0.25) is 0 Å². The molecule has 0 amide bonds. The maximum atomic E-state index is 12.1. The van der Waals surface area contributed by atoms with Crippen molar-refractivity contribution in [1.82, 2.24) is 0 Å². The van der Waals surface area contributed by atoms with Gasteiger partial charge < -0.3 is 14.2 Å². The molecule has 0 bridgehead atoms. The summed E-state index contributed by atoms with van der Waals surface area (Å²) in [6.07, 6.45) is 2.69. The van der Waals surface area contributed by atoms with E-state index >= 15 is 0 Å². The first-order chi connectivity index (χ1) is 12.9. The Labute approximate surface area is 168 Å². The number of carbonyl (C=O) groups is 1. The highest BCUT2D eigenvalue weighted by Crippen LogP contribution is 2.19. The molecule has 0 aromatic heterocycles. The molecule has 0 aliphatic rings. The second-order valence-corrected chi connectivity index (χ2v) is 9.32. The molecule has 1 aromatic rings. The van der Waals surface area contributed by atoms with Gasteiger partial charge in [0.1, 0.15) is 5.60 Å². The lowest BCUT2D eigenvalue weighted by Crippen LogP contribution is -2.29. The molecule has 1 rings (SSSR count). The van der Waals surface area contributed by atoms with Crippen molar-refractivity contribution in [2.75, 3.05) is 27.1 Å². The van der Waals surface area contributed by atoms with Crippen molar-refractivity contribution in [3.63, 3.8) is 0 Å². The SMILES string of the molecule is COC(OC)C(CCCc1ccc(C(=O)OC(C)(C)C)cc1)COS(C)(=O)=O. The van der Waals surface area contributed by atoms with E-state index < -0.39 is 22.0 Å². The van der Waals surface area contributed by atoms with Gasteiger partial charge in [-0.05, 0) is 57.7 Å². The smallest absolute Gasteiger partial charge is 0.338 e. The summed E-state index contributed by atoms with van der Waals surface area (Å²) in [5.41, 5.74) is 1.05. The van der Waals surface area contributed by atoms with Crippen LogP contribution < -0.4 is 0 Å². The third-order valence-corrected chi connectivity index (χ3v) is 4.54. The molecular formula is C20H32O7S. The van der Waals surface area contributed by atoms with E-state index in [0.717, 1.165) is 24.7 Å². The number of esters is 1. The lowest BCUT2D eigenvalue weighted by molar-refractivity contribution is -0.145.